The third-order valence-electron chi connectivity index (χ3n) is 3.58. The average Bonchev–Trinajstić information content (AvgIpc) is 2.72. The van der Waals surface area contributed by atoms with Crippen molar-refractivity contribution >= 4 is 0 Å². The van der Waals surface area contributed by atoms with Gasteiger partial charge in [-0.15, -0.1) is 6.58 Å². The van der Waals surface area contributed by atoms with Gasteiger partial charge in [0, 0.05) is 12.3 Å². The number of nitrogens with zero attached hydrogens (tertiary/aromatic N) is 1. The molecule has 1 saturated heterocycles. The zero-order chi connectivity index (χ0) is 15.8. The van der Waals surface area contributed by atoms with Gasteiger partial charge in [-0.3, -0.25) is 14.3 Å². The fraction of sp³-hybridized carbons (Fsp3) is 0.500. The van der Waals surface area contributed by atoms with Crippen molar-refractivity contribution in [2.45, 2.75) is 30.1 Å². The van der Waals surface area contributed by atoms with Gasteiger partial charge in [-0.25, -0.2) is 4.79 Å². The molecule has 9 nitrogen and oxygen atoms in total. The molecule has 0 aromatic carbocycles. The van der Waals surface area contributed by atoms with E-state index in [1.807, 2.05) is 4.98 Å². The Morgan fingerprint density at radius 3 is 2.71 bits per heavy atom. The second-order valence-corrected chi connectivity index (χ2v) is 4.77. The van der Waals surface area contributed by atoms with Gasteiger partial charge in [-0.2, -0.15) is 0 Å². The fourth-order valence-electron chi connectivity index (χ4n) is 2.47. The molecule has 1 aliphatic rings. The summed E-state index contributed by atoms with van der Waals surface area (Å²) in [5.74, 6) is 0. The number of aliphatic hydroxyl groups excluding tert-OH is 3. The highest BCUT2D eigenvalue weighted by molar-refractivity contribution is 5.10. The summed E-state index contributed by atoms with van der Waals surface area (Å²) < 4.78 is 6.36. The van der Waals surface area contributed by atoms with E-state index in [-0.39, 0.29) is 0 Å². The van der Waals surface area contributed by atoms with Crippen LogP contribution in [-0.2, 0) is 10.5 Å². The molecular weight excluding hydrogens is 282 g/mol. The van der Waals surface area contributed by atoms with Crippen molar-refractivity contribution in [3.63, 3.8) is 0 Å². The molecule has 1 fully saturated rings. The summed E-state index contributed by atoms with van der Waals surface area (Å²) in [7, 11) is 0. The molecule has 2 rings (SSSR count). The van der Waals surface area contributed by atoms with Gasteiger partial charge in [0.05, 0.1) is 12.6 Å². The van der Waals surface area contributed by atoms with Gasteiger partial charge in [-0.1, -0.05) is 6.08 Å². The quantitative estimate of drug-likeness (QED) is 0.368. The molecule has 0 radical (unpaired) electrons. The van der Waals surface area contributed by atoms with Gasteiger partial charge < -0.3 is 25.8 Å². The van der Waals surface area contributed by atoms with E-state index in [2.05, 4.69) is 6.58 Å². The molecule has 21 heavy (non-hydrogen) atoms. The van der Waals surface area contributed by atoms with Crippen LogP contribution in [0.1, 0.15) is 0 Å². The largest absolute Gasteiger partial charge is 0.394 e. The summed E-state index contributed by atoms with van der Waals surface area (Å²) in [6.45, 7) is 2.90. The molecule has 9 heteroatoms. The van der Waals surface area contributed by atoms with E-state index in [4.69, 9.17) is 10.5 Å². The third kappa shape index (κ3) is 2.24. The average molecular weight is 299 g/mol. The number of H-pyrrole nitrogens is 1. The minimum absolute atomic E-state index is 0.581. The highest BCUT2D eigenvalue weighted by atomic mass is 16.6. The maximum Gasteiger partial charge on any atom is 0.330 e. The van der Waals surface area contributed by atoms with Gasteiger partial charge in [-0.05, 0) is 0 Å². The Morgan fingerprint density at radius 1 is 1.57 bits per heavy atom. The van der Waals surface area contributed by atoms with Crippen LogP contribution in [0.2, 0.25) is 0 Å². The lowest BCUT2D eigenvalue weighted by Crippen LogP contribution is -2.60. The number of aromatic nitrogens is 2. The van der Waals surface area contributed by atoms with E-state index in [1.165, 1.54) is 6.08 Å². The van der Waals surface area contributed by atoms with Crippen molar-refractivity contribution in [1.82, 2.24) is 9.55 Å². The maximum absolute atomic E-state index is 12.0. The smallest absolute Gasteiger partial charge is 0.330 e. The summed E-state index contributed by atoms with van der Waals surface area (Å²) in [5.41, 5.74) is 2.49. The number of nitrogens with one attached hydrogen (secondary N) is 1. The van der Waals surface area contributed by atoms with Crippen LogP contribution < -0.4 is 17.0 Å². The van der Waals surface area contributed by atoms with Crippen LogP contribution in [0.5, 0.6) is 0 Å². The van der Waals surface area contributed by atoms with E-state index < -0.39 is 47.9 Å². The summed E-state index contributed by atoms with van der Waals surface area (Å²) in [6, 6.07) is -0.0319. The molecule has 116 valence electrons. The number of ether oxygens (including phenoxy) is 1. The maximum atomic E-state index is 12.0. The molecule has 0 amide bonds. The molecule has 5 atom stereocenters. The summed E-state index contributed by atoms with van der Waals surface area (Å²) in [5, 5.41) is 29.4. The lowest BCUT2D eigenvalue weighted by Gasteiger charge is -2.37. The molecule has 6 N–H and O–H groups in total. The van der Waals surface area contributed by atoms with Crippen LogP contribution in [0.25, 0.3) is 0 Å². The molecule has 1 unspecified atom stereocenters. The van der Waals surface area contributed by atoms with Crippen molar-refractivity contribution in [1.29, 1.82) is 0 Å². The molecule has 1 aliphatic heterocycles. The van der Waals surface area contributed by atoms with Gasteiger partial charge >= 0.3 is 5.69 Å². The normalized spacial score (nSPS) is 33.8. The van der Waals surface area contributed by atoms with Gasteiger partial charge in [0.15, 0.2) is 5.72 Å². The zero-order valence-electron chi connectivity index (χ0n) is 11.0. The summed E-state index contributed by atoms with van der Waals surface area (Å²) in [6.07, 6.45) is -1.87. The zero-order valence-corrected chi connectivity index (χ0v) is 11.0. The number of aliphatic hydroxyl groups is 3. The van der Waals surface area contributed by atoms with Crippen molar-refractivity contribution < 1.29 is 20.1 Å². The second kappa shape index (κ2) is 5.54. The first-order chi connectivity index (χ1) is 9.88. The Kier molecular flexibility index (Phi) is 4.12. The van der Waals surface area contributed by atoms with E-state index >= 15 is 0 Å². The molecule has 0 spiro atoms. The Balaban J connectivity index is 2.66. The monoisotopic (exact) mass is 299 g/mol. The molecule has 1 aromatic heterocycles. The topological polar surface area (TPSA) is 151 Å². The van der Waals surface area contributed by atoms with Crippen LogP contribution >= 0.6 is 0 Å². The van der Waals surface area contributed by atoms with E-state index in [1.54, 1.807) is 0 Å². The fourth-order valence-corrected chi connectivity index (χ4v) is 2.47. The second-order valence-electron chi connectivity index (χ2n) is 4.77. The van der Waals surface area contributed by atoms with Crippen LogP contribution in [0, 0.1) is 0 Å². The predicted molar refractivity (Wildman–Crippen MR) is 71.4 cm³/mol. The Morgan fingerprint density at radius 2 is 2.24 bits per heavy atom. The molecular formula is C12H17N3O6. The molecule has 1 aromatic rings. The van der Waals surface area contributed by atoms with Crippen LogP contribution in [0.3, 0.4) is 0 Å². The van der Waals surface area contributed by atoms with Crippen molar-refractivity contribution in [2.24, 2.45) is 5.73 Å². The third-order valence-corrected chi connectivity index (χ3v) is 3.58. The first-order valence-corrected chi connectivity index (χ1v) is 6.24. The van der Waals surface area contributed by atoms with Crippen molar-refractivity contribution in [3.05, 3.63) is 45.8 Å². The van der Waals surface area contributed by atoms with Crippen LogP contribution in [0.15, 0.2) is 34.5 Å². The van der Waals surface area contributed by atoms with E-state index in [0.717, 1.165) is 16.8 Å². The minimum atomic E-state index is -1.88. The highest BCUT2D eigenvalue weighted by Crippen LogP contribution is 2.37. The molecule has 0 aliphatic carbocycles. The first-order valence-electron chi connectivity index (χ1n) is 6.24. The van der Waals surface area contributed by atoms with Crippen molar-refractivity contribution in [2.75, 3.05) is 6.61 Å². The Bertz CT molecular complexity index is 640. The number of hydrogen-bond acceptors (Lipinski definition) is 7. The van der Waals surface area contributed by atoms with Gasteiger partial charge in [0.1, 0.15) is 18.3 Å². The lowest BCUT2D eigenvalue weighted by molar-refractivity contribution is -0.157. The van der Waals surface area contributed by atoms with E-state index in [0.29, 0.717) is 0 Å². The molecule has 0 saturated carbocycles. The van der Waals surface area contributed by atoms with Crippen LogP contribution in [-0.4, -0.2) is 55.8 Å². The number of hydrogen-bond donors (Lipinski definition) is 5. The minimum Gasteiger partial charge on any atom is -0.394 e. The first kappa shape index (κ1) is 15.6. The van der Waals surface area contributed by atoms with Gasteiger partial charge in [0.2, 0.25) is 0 Å². The Hall–Kier alpha value is -1.78. The summed E-state index contributed by atoms with van der Waals surface area (Å²) >= 11 is 0. The van der Waals surface area contributed by atoms with Crippen LogP contribution in [0.4, 0.5) is 0 Å². The molecule has 0 bridgehead atoms. The SMILES string of the molecule is C=CC(N)[C@@]1(n2ccc(=O)[nH]c2=O)O[C@H](CO)[C@@H](O)[C@H]1O. The van der Waals surface area contributed by atoms with Crippen molar-refractivity contribution in [3.8, 4) is 0 Å². The molecule has 2 heterocycles. The van der Waals surface area contributed by atoms with Gasteiger partial charge in [0.25, 0.3) is 5.56 Å². The standard InChI is InChI=1S/C12H17N3O6/c1-2-7(13)12(10(19)9(18)6(5-16)21-12)15-4-3-8(17)14-11(15)20/h2-4,6-7,9-10,16,18-19H,1,5,13H2,(H,14,17,20)/t6-,7?,9-,10-,12-/m1/s1. The number of rotatable bonds is 4. The van der Waals surface area contributed by atoms with E-state index in [9.17, 15) is 24.9 Å². The highest BCUT2D eigenvalue weighted by Gasteiger charge is 2.58. The predicted octanol–water partition coefficient (Wildman–Crippen LogP) is -3.18. The number of aromatic amines is 1. The number of nitrogens with two attached hydrogens (primary N) is 1. The Labute approximate surface area is 118 Å². The lowest BCUT2D eigenvalue weighted by atomic mass is 9.95. The summed E-state index contributed by atoms with van der Waals surface area (Å²) in [4.78, 5) is 25.2.